The van der Waals surface area contributed by atoms with Gasteiger partial charge >= 0.3 is 0 Å². The quantitative estimate of drug-likeness (QED) is 0.710. The lowest BCUT2D eigenvalue weighted by Crippen LogP contribution is -2.49. The van der Waals surface area contributed by atoms with Crippen LogP contribution in [0.4, 0.5) is 5.69 Å². The first-order valence-electron chi connectivity index (χ1n) is 9.59. The molecule has 2 aromatic rings. The molecular formula is C20H24Cl2N4O2. The average Bonchev–Trinajstić information content (AvgIpc) is 3.09. The van der Waals surface area contributed by atoms with Gasteiger partial charge in [-0.15, -0.1) is 11.6 Å². The molecule has 0 radical (unpaired) electrons. The minimum Gasteiger partial charge on any atom is -0.495 e. The van der Waals surface area contributed by atoms with E-state index in [1.807, 2.05) is 29.3 Å². The van der Waals surface area contributed by atoms with E-state index in [4.69, 9.17) is 27.9 Å². The number of nitrogens with zero attached hydrogens (tertiary/aromatic N) is 4. The minimum atomic E-state index is 0.107. The van der Waals surface area contributed by atoms with Crippen LogP contribution in [0.15, 0.2) is 24.4 Å². The van der Waals surface area contributed by atoms with Crippen LogP contribution in [-0.2, 0) is 24.2 Å². The number of alkyl halides is 1. The first-order chi connectivity index (χ1) is 13.5. The molecule has 0 saturated carbocycles. The lowest BCUT2D eigenvalue weighted by Gasteiger charge is -2.36. The second-order valence-corrected chi connectivity index (χ2v) is 8.35. The van der Waals surface area contributed by atoms with Crippen molar-refractivity contribution in [3.8, 4) is 5.75 Å². The van der Waals surface area contributed by atoms with E-state index in [9.17, 15) is 4.79 Å². The first kappa shape index (κ1) is 19.4. The predicted molar refractivity (Wildman–Crippen MR) is 111 cm³/mol. The maximum atomic E-state index is 12.7. The molecule has 150 valence electrons. The monoisotopic (exact) mass is 422 g/mol. The van der Waals surface area contributed by atoms with E-state index >= 15 is 0 Å². The Hall–Kier alpha value is -1.92. The van der Waals surface area contributed by atoms with Crippen LogP contribution < -0.4 is 9.64 Å². The average molecular weight is 423 g/mol. The van der Waals surface area contributed by atoms with Crippen LogP contribution in [0.5, 0.6) is 5.75 Å². The molecule has 8 heteroatoms. The van der Waals surface area contributed by atoms with Gasteiger partial charge in [0.25, 0.3) is 0 Å². The van der Waals surface area contributed by atoms with Gasteiger partial charge in [-0.25, -0.2) is 0 Å². The van der Waals surface area contributed by atoms with Crippen molar-refractivity contribution in [1.29, 1.82) is 0 Å². The number of hydrogen-bond donors (Lipinski definition) is 0. The highest BCUT2D eigenvalue weighted by Crippen LogP contribution is 2.30. The van der Waals surface area contributed by atoms with E-state index < -0.39 is 0 Å². The summed E-state index contributed by atoms with van der Waals surface area (Å²) >= 11 is 12.3. The number of halogens is 2. The number of methoxy groups -OCH3 is 1. The number of carbonyl (C=O) groups excluding carboxylic acids is 1. The third-order valence-corrected chi connectivity index (χ3v) is 6.18. The SMILES string of the molecule is COc1cc(N2CCN(C(=O)Cn3cc4c(n3)CC(Cl)CC4)CC2)ccc1Cl. The number of anilines is 1. The predicted octanol–water partition coefficient (Wildman–Crippen LogP) is 2.99. The molecule has 1 aromatic carbocycles. The Balaban J connectivity index is 1.34. The molecule has 1 aliphatic carbocycles. The lowest BCUT2D eigenvalue weighted by atomic mass is 9.98. The number of carbonyl (C=O) groups is 1. The molecule has 1 saturated heterocycles. The van der Waals surface area contributed by atoms with Gasteiger partial charge in [-0.3, -0.25) is 9.48 Å². The molecule has 1 atom stereocenters. The van der Waals surface area contributed by atoms with E-state index in [-0.39, 0.29) is 17.8 Å². The summed E-state index contributed by atoms with van der Waals surface area (Å²) in [5.74, 6) is 0.773. The Labute approximate surface area is 174 Å². The zero-order valence-corrected chi connectivity index (χ0v) is 17.4. The van der Waals surface area contributed by atoms with E-state index in [1.54, 1.807) is 11.8 Å². The number of hydrogen-bond acceptors (Lipinski definition) is 4. The molecule has 4 rings (SSSR count). The normalized spacial score (nSPS) is 19.5. The molecule has 6 nitrogen and oxygen atoms in total. The second kappa shape index (κ2) is 8.21. The highest BCUT2D eigenvalue weighted by atomic mass is 35.5. The van der Waals surface area contributed by atoms with Crippen LogP contribution in [0.1, 0.15) is 17.7 Å². The molecule has 1 unspecified atom stereocenters. The van der Waals surface area contributed by atoms with Gasteiger partial charge in [0.15, 0.2) is 0 Å². The summed E-state index contributed by atoms with van der Waals surface area (Å²) in [5.41, 5.74) is 3.33. The van der Waals surface area contributed by atoms with Crippen LogP contribution in [-0.4, -0.2) is 59.3 Å². The summed E-state index contributed by atoms with van der Waals surface area (Å²) < 4.78 is 7.08. The summed E-state index contributed by atoms with van der Waals surface area (Å²) in [4.78, 5) is 16.9. The summed E-state index contributed by atoms with van der Waals surface area (Å²) in [7, 11) is 1.61. The number of fused-ring (bicyclic) bond motifs is 1. The third-order valence-electron chi connectivity index (χ3n) is 5.50. The second-order valence-electron chi connectivity index (χ2n) is 7.33. The van der Waals surface area contributed by atoms with Gasteiger partial charge in [0, 0.05) is 55.9 Å². The smallest absolute Gasteiger partial charge is 0.244 e. The molecule has 2 aliphatic rings. The zero-order chi connectivity index (χ0) is 19.7. The number of benzene rings is 1. The molecule has 28 heavy (non-hydrogen) atoms. The van der Waals surface area contributed by atoms with Crippen molar-refractivity contribution in [1.82, 2.24) is 14.7 Å². The van der Waals surface area contributed by atoms with Crippen LogP contribution in [0.25, 0.3) is 0 Å². The van der Waals surface area contributed by atoms with Crippen molar-refractivity contribution in [3.63, 3.8) is 0 Å². The van der Waals surface area contributed by atoms with Crippen molar-refractivity contribution < 1.29 is 9.53 Å². The van der Waals surface area contributed by atoms with E-state index in [2.05, 4.69) is 10.00 Å². The van der Waals surface area contributed by atoms with Gasteiger partial charge in [-0.1, -0.05) is 11.6 Å². The van der Waals surface area contributed by atoms with E-state index in [0.717, 1.165) is 43.7 Å². The molecular weight excluding hydrogens is 399 g/mol. The number of piperazine rings is 1. The van der Waals surface area contributed by atoms with Crippen LogP contribution in [0, 0.1) is 0 Å². The van der Waals surface area contributed by atoms with Gasteiger partial charge in [-0.2, -0.15) is 5.10 Å². The Morgan fingerprint density at radius 2 is 2.07 bits per heavy atom. The summed E-state index contributed by atoms with van der Waals surface area (Å²) in [6.07, 6.45) is 4.72. The largest absolute Gasteiger partial charge is 0.495 e. The lowest BCUT2D eigenvalue weighted by molar-refractivity contribution is -0.132. The molecule has 1 fully saturated rings. The summed E-state index contributed by atoms with van der Waals surface area (Å²) in [6.45, 7) is 3.22. The molecule has 1 aliphatic heterocycles. The fourth-order valence-electron chi connectivity index (χ4n) is 3.89. The maximum Gasteiger partial charge on any atom is 0.244 e. The Morgan fingerprint density at radius 3 is 2.82 bits per heavy atom. The van der Waals surface area contributed by atoms with Crippen molar-refractivity contribution in [2.75, 3.05) is 38.2 Å². The molecule has 1 amide bonds. The van der Waals surface area contributed by atoms with Crippen LogP contribution in [0.3, 0.4) is 0 Å². The minimum absolute atomic E-state index is 0.107. The topological polar surface area (TPSA) is 50.6 Å². The highest BCUT2D eigenvalue weighted by molar-refractivity contribution is 6.32. The molecule has 1 aromatic heterocycles. The van der Waals surface area contributed by atoms with Gasteiger partial charge in [-0.05, 0) is 30.5 Å². The summed E-state index contributed by atoms with van der Waals surface area (Å²) in [6, 6.07) is 5.77. The van der Waals surface area contributed by atoms with Crippen molar-refractivity contribution in [2.45, 2.75) is 31.2 Å². The molecule has 0 spiro atoms. The van der Waals surface area contributed by atoms with Gasteiger partial charge in [0.1, 0.15) is 12.3 Å². The number of rotatable bonds is 4. The van der Waals surface area contributed by atoms with Gasteiger partial charge < -0.3 is 14.5 Å². The summed E-state index contributed by atoms with van der Waals surface area (Å²) in [5, 5.41) is 5.33. The van der Waals surface area contributed by atoms with Crippen molar-refractivity contribution in [2.24, 2.45) is 0 Å². The van der Waals surface area contributed by atoms with E-state index in [0.29, 0.717) is 23.9 Å². The number of ether oxygens (including phenoxy) is 1. The van der Waals surface area contributed by atoms with Crippen LogP contribution in [0.2, 0.25) is 5.02 Å². The molecule has 0 bridgehead atoms. The fourth-order valence-corrected chi connectivity index (χ4v) is 4.34. The number of amides is 1. The van der Waals surface area contributed by atoms with Gasteiger partial charge in [0.05, 0.1) is 17.8 Å². The van der Waals surface area contributed by atoms with Crippen LogP contribution >= 0.6 is 23.2 Å². The van der Waals surface area contributed by atoms with Crippen molar-refractivity contribution >= 4 is 34.8 Å². The Bertz CT molecular complexity index is 862. The van der Waals surface area contributed by atoms with Gasteiger partial charge in [0.2, 0.25) is 5.91 Å². The highest BCUT2D eigenvalue weighted by Gasteiger charge is 2.24. The zero-order valence-electron chi connectivity index (χ0n) is 15.9. The fraction of sp³-hybridized carbons (Fsp3) is 0.500. The number of aryl methyl sites for hydroxylation is 1. The third kappa shape index (κ3) is 4.08. The Kier molecular flexibility index (Phi) is 5.69. The molecule has 2 heterocycles. The Morgan fingerprint density at radius 1 is 1.29 bits per heavy atom. The van der Waals surface area contributed by atoms with Crippen molar-refractivity contribution in [3.05, 3.63) is 40.7 Å². The molecule has 0 N–H and O–H groups in total. The maximum absolute atomic E-state index is 12.7. The van der Waals surface area contributed by atoms with E-state index in [1.165, 1.54) is 5.56 Å². The number of aromatic nitrogens is 2. The standard InChI is InChI=1S/C20H24Cl2N4O2/c1-28-19-11-16(4-5-17(19)22)24-6-8-25(9-7-24)20(27)13-26-12-14-2-3-15(21)10-18(14)23-26/h4-5,11-12,15H,2-3,6-10,13H2,1H3. The first-order valence-corrected chi connectivity index (χ1v) is 10.4.